The van der Waals surface area contributed by atoms with E-state index in [0.717, 1.165) is 19.3 Å². The molecule has 2 aromatic carbocycles. The predicted octanol–water partition coefficient (Wildman–Crippen LogP) is 5.17. The third kappa shape index (κ3) is 4.27. The van der Waals surface area contributed by atoms with E-state index in [9.17, 15) is 4.57 Å². The topological polar surface area (TPSA) is 44.8 Å². The Morgan fingerprint density at radius 1 is 1.04 bits per heavy atom. The zero-order chi connectivity index (χ0) is 17.0. The van der Waals surface area contributed by atoms with Crippen molar-refractivity contribution in [2.75, 3.05) is 0 Å². The number of benzene rings is 2. The molecule has 0 heterocycles. The molecule has 0 saturated carbocycles. The van der Waals surface area contributed by atoms with Crippen molar-refractivity contribution in [1.82, 2.24) is 0 Å². The molecule has 0 aromatic heterocycles. The minimum atomic E-state index is -3.69. The molecule has 0 N–H and O–H groups in total. The summed E-state index contributed by atoms with van der Waals surface area (Å²) in [5, 5.41) is 0. The number of hydrogen-bond acceptors (Lipinski definition) is 4. The van der Waals surface area contributed by atoms with Crippen molar-refractivity contribution >= 4 is 7.82 Å². The Morgan fingerprint density at radius 3 is 2.21 bits per heavy atom. The molecular weight excluding hydrogens is 323 g/mol. The van der Waals surface area contributed by atoms with E-state index in [4.69, 9.17) is 13.6 Å². The SMILES string of the molecule is CCC(C)OP(=O)(Oc1ccccc1)OC1Cc2ccccc2C1. The fraction of sp³-hybridized carbons (Fsp3) is 0.368. The molecule has 2 aromatic rings. The lowest BCUT2D eigenvalue weighted by Gasteiger charge is -2.24. The summed E-state index contributed by atoms with van der Waals surface area (Å²) in [5.41, 5.74) is 2.47. The number of rotatable bonds is 7. The van der Waals surface area contributed by atoms with Crippen molar-refractivity contribution in [2.24, 2.45) is 0 Å². The standard InChI is InChI=1S/C19H23O4P/c1-3-15(2)21-24(20,22-18-11-5-4-6-12-18)23-19-13-16-9-7-8-10-17(16)14-19/h4-12,15,19H,3,13-14H2,1-2H3. The lowest BCUT2D eigenvalue weighted by molar-refractivity contribution is 0.0866. The summed E-state index contributed by atoms with van der Waals surface area (Å²) in [7, 11) is -3.69. The Balaban J connectivity index is 1.74. The zero-order valence-electron chi connectivity index (χ0n) is 14.1. The minimum Gasteiger partial charge on any atom is -0.404 e. The van der Waals surface area contributed by atoms with Crippen LogP contribution >= 0.6 is 7.82 Å². The molecule has 3 rings (SSSR count). The highest BCUT2D eigenvalue weighted by atomic mass is 31.2. The van der Waals surface area contributed by atoms with Gasteiger partial charge in [-0.15, -0.1) is 0 Å². The van der Waals surface area contributed by atoms with Gasteiger partial charge in [-0.2, -0.15) is 0 Å². The third-order valence-corrected chi connectivity index (χ3v) is 5.74. The molecule has 4 nitrogen and oxygen atoms in total. The maximum Gasteiger partial charge on any atom is 0.530 e. The summed E-state index contributed by atoms with van der Waals surface area (Å²) >= 11 is 0. The number of hydrogen-bond donors (Lipinski definition) is 0. The average molecular weight is 346 g/mol. The third-order valence-electron chi connectivity index (χ3n) is 4.14. The van der Waals surface area contributed by atoms with E-state index in [1.165, 1.54) is 11.1 Å². The summed E-state index contributed by atoms with van der Waals surface area (Å²) in [6.45, 7) is 3.84. The second kappa shape index (κ2) is 7.52. The maximum atomic E-state index is 13.2. The summed E-state index contributed by atoms with van der Waals surface area (Å²) in [6, 6.07) is 17.2. The number of para-hydroxylation sites is 1. The van der Waals surface area contributed by atoms with Crippen LogP contribution < -0.4 is 4.52 Å². The summed E-state index contributed by atoms with van der Waals surface area (Å²) in [5.74, 6) is 0.486. The number of phosphoric acid groups is 1. The van der Waals surface area contributed by atoms with Gasteiger partial charge in [0.15, 0.2) is 0 Å². The molecule has 0 fully saturated rings. The molecule has 0 aliphatic heterocycles. The molecule has 1 aliphatic carbocycles. The van der Waals surface area contributed by atoms with Gasteiger partial charge in [-0.1, -0.05) is 49.4 Å². The second-order valence-electron chi connectivity index (χ2n) is 6.08. The van der Waals surface area contributed by atoms with Crippen LogP contribution in [0.1, 0.15) is 31.4 Å². The van der Waals surface area contributed by atoms with Crippen molar-refractivity contribution in [3.8, 4) is 5.75 Å². The largest absolute Gasteiger partial charge is 0.530 e. The lowest BCUT2D eigenvalue weighted by atomic mass is 10.1. The van der Waals surface area contributed by atoms with Crippen LogP contribution in [0.3, 0.4) is 0 Å². The van der Waals surface area contributed by atoms with Gasteiger partial charge in [0.05, 0.1) is 12.2 Å². The first-order valence-electron chi connectivity index (χ1n) is 8.36. The van der Waals surface area contributed by atoms with Gasteiger partial charge in [-0.3, -0.25) is 9.05 Å². The quantitative estimate of drug-likeness (QED) is 0.649. The molecule has 1 aliphatic rings. The van der Waals surface area contributed by atoms with E-state index in [2.05, 4.69) is 12.1 Å². The Bertz CT molecular complexity index is 691. The highest BCUT2D eigenvalue weighted by molar-refractivity contribution is 7.49. The van der Waals surface area contributed by atoms with Crippen molar-refractivity contribution in [3.63, 3.8) is 0 Å². The Labute approximate surface area is 143 Å². The average Bonchev–Trinajstić information content (AvgIpc) is 2.97. The molecular formula is C19H23O4P. The molecule has 0 bridgehead atoms. The molecule has 0 amide bonds. The first-order chi connectivity index (χ1) is 11.6. The Kier molecular flexibility index (Phi) is 5.40. The van der Waals surface area contributed by atoms with Gasteiger partial charge in [-0.25, -0.2) is 4.57 Å². The van der Waals surface area contributed by atoms with E-state index in [1.807, 2.05) is 44.2 Å². The molecule has 0 spiro atoms. The van der Waals surface area contributed by atoms with Crippen molar-refractivity contribution in [1.29, 1.82) is 0 Å². The van der Waals surface area contributed by atoms with Crippen molar-refractivity contribution < 1.29 is 18.1 Å². The van der Waals surface area contributed by atoms with Crippen molar-refractivity contribution in [3.05, 3.63) is 65.7 Å². The van der Waals surface area contributed by atoms with Crippen LogP contribution in [0.5, 0.6) is 5.75 Å². The summed E-state index contributed by atoms with van der Waals surface area (Å²) in [4.78, 5) is 0. The van der Waals surface area contributed by atoms with E-state index in [1.54, 1.807) is 12.1 Å². The van der Waals surface area contributed by atoms with E-state index in [-0.39, 0.29) is 12.2 Å². The van der Waals surface area contributed by atoms with Crippen LogP contribution in [0.4, 0.5) is 0 Å². The monoisotopic (exact) mass is 346 g/mol. The van der Waals surface area contributed by atoms with E-state index < -0.39 is 7.82 Å². The number of fused-ring (bicyclic) bond motifs is 1. The highest BCUT2D eigenvalue weighted by Gasteiger charge is 2.36. The molecule has 2 unspecified atom stereocenters. The van der Waals surface area contributed by atoms with Gasteiger partial charge in [0, 0.05) is 0 Å². The number of phosphoric ester groups is 1. The molecule has 2 atom stereocenters. The van der Waals surface area contributed by atoms with E-state index >= 15 is 0 Å². The lowest BCUT2D eigenvalue weighted by Crippen LogP contribution is -2.17. The van der Waals surface area contributed by atoms with E-state index in [0.29, 0.717) is 5.75 Å². The van der Waals surface area contributed by atoms with Gasteiger partial charge in [-0.05, 0) is 49.4 Å². The predicted molar refractivity (Wildman–Crippen MR) is 94.2 cm³/mol. The molecule has 0 saturated heterocycles. The van der Waals surface area contributed by atoms with Gasteiger partial charge in [0.25, 0.3) is 0 Å². The van der Waals surface area contributed by atoms with Crippen LogP contribution in [-0.2, 0) is 26.5 Å². The van der Waals surface area contributed by atoms with Crippen molar-refractivity contribution in [2.45, 2.75) is 45.3 Å². The van der Waals surface area contributed by atoms with Crippen LogP contribution in [0.2, 0.25) is 0 Å². The fourth-order valence-electron chi connectivity index (χ4n) is 2.75. The molecule has 24 heavy (non-hydrogen) atoms. The second-order valence-corrected chi connectivity index (χ2v) is 7.58. The summed E-state index contributed by atoms with van der Waals surface area (Å²) < 4.78 is 30.4. The van der Waals surface area contributed by atoms with Gasteiger partial charge >= 0.3 is 7.82 Å². The molecule has 5 heteroatoms. The normalized spacial score (nSPS) is 17.9. The van der Waals surface area contributed by atoms with Gasteiger partial charge in [0.1, 0.15) is 5.75 Å². The molecule has 128 valence electrons. The van der Waals surface area contributed by atoms with Crippen LogP contribution in [-0.4, -0.2) is 12.2 Å². The maximum absolute atomic E-state index is 13.2. The first-order valence-corrected chi connectivity index (χ1v) is 9.82. The fourth-order valence-corrected chi connectivity index (χ4v) is 4.37. The highest BCUT2D eigenvalue weighted by Crippen LogP contribution is 2.53. The zero-order valence-corrected chi connectivity index (χ0v) is 14.9. The van der Waals surface area contributed by atoms with Gasteiger partial charge < -0.3 is 4.52 Å². The Morgan fingerprint density at radius 2 is 1.62 bits per heavy atom. The van der Waals surface area contributed by atoms with Crippen LogP contribution in [0.15, 0.2) is 54.6 Å². The molecule has 0 radical (unpaired) electrons. The Hall–Kier alpha value is -1.61. The summed E-state index contributed by atoms with van der Waals surface area (Å²) in [6.07, 6.45) is 1.78. The van der Waals surface area contributed by atoms with Gasteiger partial charge in [0.2, 0.25) is 0 Å². The van der Waals surface area contributed by atoms with Crippen LogP contribution in [0, 0.1) is 0 Å². The first kappa shape index (κ1) is 17.2. The smallest absolute Gasteiger partial charge is 0.404 e. The van der Waals surface area contributed by atoms with Crippen LogP contribution in [0.25, 0.3) is 0 Å². The minimum absolute atomic E-state index is 0.194.